The van der Waals surface area contributed by atoms with Crippen LogP contribution in [0.4, 0.5) is 28.9 Å². The molecular weight excluding hydrogens is 522 g/mol. The summed E-state index contributed by atoms with van der Waals surface area (Å²) in [5.74, 6) is -0.975. The molecule has 10 heteroatoms. The quantitative estimate of drug-likeness (QED) is 0.327. The highest BCUT2D eigenvalue weighted by Crippen LogP contribution is 2.34. The van der Waals surface area contributed by atoms with Gasteiger partial charge in [-0.25, -0.2) is 4.39 Å². The van der Waals surface area contributed by atoms with Gasteiger partial charge >= 0.3 is 6.18 Å². The fourth-order valence-corrected chi connectivity index (χ4v) is 4.76. The Bertz CT molecular complexity index is 1490. The Morgan fingerprint density at radius 3 is 2.55 bits per heavy atom. The van der Waals surface area contributed by atoms with E-state index in [1.165, 1.54) is 36.4 Å². The fraction of sp³-hybridized carbons (Fsp3) is 0.300. The fourth-order valence-electron chi connectivity index (χ4n) is 4.76. The van der Waals surface area contributed by atoms with Crippen LogP contribution in [-0.4, -0.2) is 30.4 Å². The number of halogens is 4. The maximum atomic E-state index is 15.0. The van der Waals surface area contributed by atoms with Crippen LogP contribution in [0.2, 0.25) is 0 Å². The molecule has 0 bridgehead atoms. The predicted octanol–water partition coefficient (Wildman–Crippen LogP) is 6.23. The van der Waals surface area contributed by atoms with Gasteiger partial charge < -0.3 is 10.6 Å². The number of hydrogen-bond donors (Lipinski definition) is 2. The van der Waals surface area contributed by atoms with Crippen molar-refractivity contribution in [2.45, 2.75) is 44.4 Å². The molecule has 2 aliphatic rings. The molecule has 0 spiro atoms. The van der Waals surface area contributed by atoms with Crippen molar-refractivity contribution in [2.75, 3.05) is 16.9 Å². The van der Waals surface area contributed by atoms with E-state index < -0.39 is 36.1 Å². The van der Waals surface area contributed by atoms with Gasteiger partial charge in [-0.15, -0.1) is 0 Å². The summed E-state index contributed by atoms with van der Waals surface area (Å²) in [4.78, 5) is 13.4. The second-order valence-electron chi connectivity index (χ2n) is 10.2. The van der Waals surface area contributed by atoms with Crippen LogP contribution in [0.5, 0.6) is 0 Å². The van der Waals surface area contributed by atoms with Crippen LogP contribution in [0.3, 0.4) is 0 Å². The molecule has 0 saturated heterocycles. The molecule has 1 aliphatic carbocycles. The van der Waals surface area contributed by atoms with Crippen LogP contribution in [-0.2, 0) is 4.79 Å². The summed E-state index contributed by atoms with van der Waals surface area (Å²) >= 11 is 0. The van der Waals surface area contributed by atoms with Crippen LogP contribution in [0.1, 0.15) is 47.6 Å². The minimum absolute atomic E-state index is 0.139. The van der Waals surface area contributed by atoms with Crippen LogP contribution in [0, 0.1) is 30.0 Å². The first-order chi connectivity index (χ1) is 19.1. The number of rotatable bonds is 8. The highest BCUT2D eigenvalue weighted by molar-refractivity contribution is 6.04. The second-order valence-corrected chi connectivity index (χ2v) is 10.2. The molecule has 1 aliphatic heterocycles. The molecule has 40 heavy (non-hydrogen) atoms. The SMILES string of the molecule is Cc1cccc(C(NCC2CC2)c2ccc(F)c(NC(=O)C3CC(C(F)(F)F)=NN3c3cccc(C#N)c3)c2)c1. The van der Waals surface area contributed by atoms with Crippen LogP contribution in [0.25, 0.3) is 0 Å². The van der Waals surface area contributed by atoms with Gasteiger partial charge in [0, 0.05) is 6.42 Å². The highest BCUT2D eigenvalue weighted by atomic mass is 19.4. The van der Waals surface area contributed by atoms with Crippen molar-refractivity contribution in [3.8, 4) is 6.07 Å². The standard InChI is InChI=1S/C30H27F4N5O/c1-18-4-2-6-21(12-18)28(36-17-19-8-9-19)22-10-11-24(31)25(14-22)37-29(40)26-15-27(30(32,33)34)38-39(26)23-7-3-5-20(13-23)16-35/h2-7,10-14,19,26,28,36H,8-9,15,17H2,1H3,(H,37,40). The minimum atomic E-state index is -4.75. The second kappa shape index (κ2) is 11.1. The lowest BCUT2D eigenvalue weighted by atomic mass is 9.96. The molecule has 1 fully saturated rings. The lowest BCUT2D eigenvalue weighted by Crippen LogP contribution is -2.39. The van der Waals surface area contributed by atoms with Gasteiger partial charge in [0.2, 0.25) is 5.91 Å². The number of aryl methyl sites for hydroxylation is 1. The first-order valence-corrected chi connectivity index (χ1v) is 13.0. The number of alkyl halides is 3. The van der Waals surface area contributed by atoms with Gasteiger partial charge in [0.15, 0.2) is 0 Å². The van der Waals surface area contributed by atoms with Crippen LogP contribution >= 0.6 is 0 Å². The Morgan fingerprint density at radius 1 is 1.10 bits per heavy atom. The molecule has 206 valence electrons. The lowest BCUT2D eigenvalue weighted by molar-refractivity contribution is -0.117. The van der Waals surface area contributed by atoms with E-state index in [0.717, 1.165) is 35.5 Å². The number of carbonyl (C=O) groups excluding carboxylic acids is 1. The van der Waals surface area contributed by atoms with E-state index in [4.69, 9.17) is 0 Å². The van der Waals surface area contributed by atoms with Crippen LogP contribution in [0.15, 0.2) is 71.8 Å². The summed E-state index contributed by atoms with van der Waals surface area (Å²) in [6.07, 6.45) is -3.17. The van der Waals surface area contributed by atoms with Crippen molar-refractivity contribution < 1.29 is 22.4 Å². The minimum Gasteiger partial charge on any atom is -0.322 e. The van der Waals surface area contributed by atoms with Crippen molar-refractivity contribution in [1.82, 2.24) is 5.32 Å². The van der Waals surface area contributed by atoms with E-state index >= 15 is 0 Å². The Labute approximate surface area is 229 Å². The number of nitrogens with zero attached hydrogens (tertiary/aromatic N) is 3. The Kier molecular flexibility index (Phi) is 7.59. The number of carbonyl (C=O) groups is 1. The van der Waals surface area contributed by atoms with Crippen molar-refractivity contribution >= 4 is 23.0 Å². The largest absolute Gasteiger partial charge is 0.431 e. The number of anilines is 2. The first-order valence-electron chi connectivity index (χ1n) is 13.0. The molecule has 2 atom stereocenters. The van der Waals surface area contributed by atoms with E-state index in [0.29, 0.717) is 11.5 Å². The summed E-state index contributed by atoms with van der Waals surface area (Å²) in [6.45, 7) is 2.77. The van der Waals surface area contributed by atoms with Gasteiger partial charge in [-0.1, -0.05) is 42.0 Å². The summed E-state index contributed by atoms with van der Waals surface area (Å²) in [5.41, 5.74) is 1.83. The predicted molar refractivity (Wildman–Crippen MR) is 144 cm³/mol. The van der Waals surface area contributed by atoms with Crippen molar-refractivity contribution in [3.05, 3.63) is 94.8 Å². The Morgan fingerprint density at radius 2 is 1.85 bits per heavy atom. The monoisotopic (exact) mass is 549 g/mol. The Balaban J connectivity index is 1.43. The summed E-state index contributed by atoms with van der Waals surface area (Å²) < 4.78 is 55.7. The molecule has 2 N–H and O–H groups in total. The molecule has 5 rings (SSSR count). The van der Waals surface area contributed by atoms with Crippen molar-refractivity contribution in [3.63, 3.8) is 0 Å². The molecule has 1 saturated carbocycles. The maximum absolute atomic E-state index is 15.0. The Hall–Kier alpha value is -4.23. The first kappa shape index (κ1) is 27.3. The number of nitriles is 1. The number of hydrazone groups is 1. The molecule has 2 unspecified atom stereocenters. The van der Waals surface area contributed by atoms with Crippen LogP contribution < -0.4 is 15.6 Å². The normalized spacial score (nSPS) is 17.8. The third-order valence-electron chi connectivity index (χ3n) is 7.04. The number of amides is 1. The van der Waals surface area contributed by atoms with E-state index in [2.05, 4.69) is 15.7 Å². The zero-order valence-electron chi connectivity index (χ0n) is 21.7. The molecule has 6 nitrogen and oxygen atoms in total. The molecule has 3 aromatic carbocycles. The summed E-state index contributed by atoms with van der Waals surface area (Å²) in [7, 11) is 0. The maximum Gasteiger partial charge on any atom is 0.431 e. The number of nitrogens with one attached hydrogen (secondary N) is 2. The number of benzene rings is 3. The van der Waals surface area contributed by atoms with Crippen molar-refractivity contribution in [1.29, 1.82) is 5.26 Å². The van der Waals surface area contributed by atoms with Gasteiger partial charge in [0.25, 0.3) is 0 Å². The van der Waals surface area contributed by atoms with Gasteiger partial charge in [-0.2, -0.15) is 23.5 Å². The molecule has 0 radical (unpaired) electrons. The van der Waals surface area contributed by atoms with E-state index in [9.17, 15) is 27.6 Å². The zero-order valence-corrected chi connectivity index (χ0v) is 21.7. The molecule has 3 aromatic rings. The molecule has 0 aromatic heterocycles. The van der Waals surface area contributed by atoms with Gasteiger partial charge in [-0.3, -0.25) is 9.80 Å². The van der Waals surface area contributed by atoms with Gasteiger partial charge in [0.05, 0.1) is 29.0 Å². The van der Waals surface area contributed by atoms with E-state index in [1.807, 2.05) is 37.3 Å². The lowest BCUT2D eigenvalue weighted by Gasteiger charge is -2.24. The molecule has 1 heterocycles. The smallest absolute Gasteiger partial charge is 0.322 e. The summed E-state index contributed by atoms with van der Waals surface area (Å²) in [6, 6.07) is 18.4. The molecular formula is C30H27F4N5O. The average molecular weight is 550 g/mol. The average Bonchev–Trinajstić information content (AvgIpc) is 3.63. The third kappa shape index (κ3) is 6.15. The van der Waals surface area contributed by atoms with E-state index in [1.54, 1.807) is 6.07 Å². The van der Waals surface area contributed by atoms with Crippen molar-refractivity contribution in [2.24, 2.45) is 11.0 Å². The zero-order chi connectivity index (χ0) is 28.4. The topological polar surface area (TPSA) is 80.5 Å². The third-order valence-corrected chi connectivity index (χ3v) is 7.04. The van der Waals surface area contributed by atoms with E-state index in [-0.39, 0.29) is 23.0 Å². The molecule has 1 amide bonds. The van der Waals surface area contributed by atoms with Gasteiger partial charge in [0.1, 0.15) is 17.6 Å². The number of hydrogen-bond acceptors (Lipinski definition) is 5. The highest BCUT2D eigenvalue weighted by Gasteiger charge is 2.45. The summed E-state index contributed by atoms with van der Waals surface area (Å²) in [5, 5.41) is 19.9. The van der Waals surface area contributed by atoms with Gasteiger partial charge in [-0.05, 0) is 73.7 Å².